The Labute approximate surface area is 99.3 Å². The highest BCUT2D eigenvalue weighted by atomic mass is 35.5. The Morgan fingerprint density at radius 1 is 1.50 bits per heavy atom. The van der Waals surface area contributed by atoms with E-state index in [9.17, 15) is 8.42 Å². The Morgan fingerprint density at radius 3 is 2.81 bits per heavy atom. The van der Waals surface area contributed by atoms with E-state index in [1.807, 2.05) is 0 Å². The highest BCUT2D eigenvalue weighted by Gasteiger charge is 2.31. The second-order valence-electron chi connectivity index (χ2n) is 3.75. The molecular formula is C9H12ClN3O2S. The third kappa shape index (κ3) is 2.20. The van der Waals surface area contributed by atoms with Crippen LogP contribution in [0.15, 0.2) is 23.4 Å². The van der Waals surface area contributed by atoms with Crippen molar-refractivity contribution in [3.05, 3.63) is 23.5 Å². The van der Waals surface area contributed by atoms with Gasteiger partial charge in [-0.1, -0.05) is 11.6 Å². The highest BCUT2D eigenvalue weighted by Crippen LogP contribution is 2.21. The molecule has 1 aliphatic rings. The lowest BCUT2D eigenvalue weighted by Crippen LogP contribution is -2.32. The van der Waals surface area contributed by atoms with E-state index < -0.39 is 10.0 Å². The van der Waals surface area contributed by atoms with Gasteiger partial charge in [-0.05, 0) is 12.5 Å². The van der Waals surface area contributed by atoms with Crippen LogP contribution in [0.3, 0.4) is 0 Å². The zero-order valence-electron chi connectivity index (χ0n) is 8.51. The second kappa shape index (κ2) is 4.29. The molecule has 0 aliphatic carbocycles. The van der Waals surface area contributed by atoms with Gasteiger partial charge < -0.3 is 5.73 Å². The molecule has 2 N–H and O–H groups in total. The third-order valence-electron chi connectivity index (χ3n) is 2.51. The quantitative estimate of drug-likeness (QED) is 0.839. The van der Waals surface area contributed by atoms with Crippen molar-refractivity contribution in [2.45, 2.75) is 17.4 Å². The molecule has 0 amide bonds. The van der Waals surface area contributed by atoms with Crippen molar-refractivity contribution in [2.75, 3.05) is 13.1 Å². The summed E-state index contributed by atoms with van der Waals surface area (Å²) in [5, 5.41) is 0.310. The summed E-state index contributed by atoms with van der Waals surface area (Å²) >= 11 is 5.72. The number of rotatable bonds is 2. The fourth-order valence-corrected chi connectivity index (χ4v) is 3.39. The molecule has 5 nitrogen and oxygen atoms in total. The third-order valence-corrected chi connectivity index (χ3v) is 4.54. The first-order valence-electron chi connectivity index (χ1n) is 4.86. The smallest absolute Gasteiger partial charge is 0.244 e. The molecule has 2 heterocycles. The van der Waals surface area contributed by atoms with Crippen molar-refractivity contribution in [1.82, 2.24) is 9.29 Å². The van der Waals surface area contributed by atoms with Crippen LogP contribution in [0.25, 0.3) is 0 Å². The van der Waals surface area contributed by atoms with Crippen LogP contribution in [-0.2, 0) is 10.0 Å². The van der Waals surface area contributed by atoms with E-state index in [0.29, 0.717) is 24.5 Å². The van der Waals surface area contributed by atoms with Crippen molar-refractivity contribution in [1.29, 1.82) is 0 Å². The Balaban J connectivity index is 2.32. The molecule has 0 radical (unpaired) electrons. The summed E-state index contributed by atoms with van der Waals surface area (Å²) < 4.78 is 25.6. The van der Waals surface area contributed by atoms with Crippen LogP contribution < -0.4 is 5.73 Å². The molecule has 1 fully saturated rings. The molecule has 0 unspecified atom stereocenters. The van der Waals surface area contributed by atoms with Crippen molar-refractivity contribution in [3.8, 4) is 0 Å². The topological polar surface area (TPSA) is 76.3 Å². The number of hydrogen-bond acceptors (Lipinski definition) is 4. The van der Waals surface area contributed by atoms with E-state index in [2.05, 4.69) is 4.98 Å². The molecule has 1 aliphatic heterocycles. The summed E-state index contributed by atoms with van der Waals surface area (Å²) in [7, 11) is -3.49. The number of aromatic nitrogens is 1. The fraction of sp³-hybridized carbons (Fsp3) is 0.444. The summed E-state index contributed by atoms with van der Waals surface area (Å²) in [5.41, 5.74) is 5.68. The number of pyridine rings is 1. The predicted octanol–water partition coefficient (Wildman–Crippen LogP) is 0.457. The maximum atomic E-state index is 12.1. The second-order valence-corrected chi connectivity index (χ2v) is 6.13. The molecular weight excluding hydrogens is 250 g/mol. The summed E-state index contributed by atoms with van der Waals surface area (Å²) in [4.78, 5) is 3.89. The Hall–Kier alpha value is -0.690. The lowest BCUT2D eigenvalue weighted by atomic mass is 10.3. The van der Waals surface area contributed by atoms with Gasteiger partial charge in [-0.2, -0.15) is 4.31 Å². The van der Waals surface area contributed by atoms with Crippen molar-refractivity contribution in [2.24, 2.45) is 5.73 Å². The maximum absolute atomic E-state index is 12.1. The van der Waals surface area contributed by atoms with Crippen LogP contribution >= 0.6 is 11.6 Å². The van der Waals surface area contributed by atoms with Gasteiger partial charge in [0.15, 0.2) is 0 Å². The van der Waals surface area contributed by atoms with Crippen LogP contribution in [0.2, 0.25) is 5.02 Å². The van der Waals surface area contributed by atoms with Gasteiger partial charge in [0.2, 0.25) is 10.0 Å². The number of halogens is 1. The number of nitrogens with zero attached hydrogens (tertiary/aromatic N) is 2. The predicted molar refractivity (Wildman–Crippen MR) is 60.6 cm³/mol. The van der Waals surface area contributed by atoms with Crippen molar-refractivity contribution in [3.63, 3.8) is 0 Å². The molecule has 16 heavy (non-hydrogen) atoms. The first kappa shape index (κ1) is 11.8. The van der Waals surface area contributed by atoms with E-state index in [4.69, 9.17) is 17.3 Å². The van der Waals surface area contributed by atoms with Crippen LogP contribution in [0.4, 0.5) is 0 Å². The van der Waals surface area contributed by atoms with Gasteiger partial charge >= 0.3 is 0 Å². The Kier molecular flexibility index (Phi) is 3.16. The van der Waals surface area contributed by atoms with Crippen LogP contribution in [0.5, 0.6) is 0 Å². The molecule has 0 saturated carbocycles. The first-order chi connectivity index (χ1) is 7.50. The number of nitrogens with two attached hydrogens (primary N) is 1. The molecule has 0 spiro atoms. The molecule has 1 aromatic heterocycles. The molecule has 1 atom stereocenters. The zero-order valence-corrected chi connectivity index (χ0v) is 10.1. The van der Waals surface area contributed by atoms with Gasteiger partial charge in [-0.25, -0.2) is 8.42 Å². The van der Waals surface area contributed by atoms with E-state index >= 15 is 0 Å². The molecule has 7 heteroatoms. The average Bonchev–Trinajstić information content (AvgIpc) is 2.65. The molecule has 1 saturated heterocycles. The van der Waals surface area contributed by atoms with Gasteiger partial charge in [0.1, 0.15) is 4.90 Å². The maximum Gasteiger partial charge on any atom is 0.244 e. The van der Waals surface area contributed by atoms with Crippen LogP contribution in [-0.4, -0.2) is 36.8 Å². The lowest BCUT2D eigenvalue weighted by Gasteiger charge is -2.15. The molecule has 0 aromatic carbocycles. The normalized spacial score (nSPS) is 22.5. The van der Waals surface area contributed by atoms with Gasteiger partial charge in [-0.15, -0.1) is 0 Å². The minimum atomic E-state index is -3.49. The molecule has 1 aromatic rings. The fourth-order valence-electron chi connectivity index (χ4n) is 1.65. The first-order valence-corrected chi connectivity index (χ1v) is 6.68. The van der Waals surface area contributed by atoms with Gasteiger partial charge in [-0.3, -0.25) is 4.98 Å². The zero-order chi connectivity index (χ0) is 11.8. The van der Waals surface area contributed by atoms with Crippen molar-refractivity contribution < 1.29 is 8.42 Å². The van der Waals surface area contributed by atoms with Crippen molar-refractivity contribution >= 4 is 21.6 Å². The van der Waals surface area contributed by atoms with Crippen LogP contribution in [0.1, 0.15) is 6.42 Å². The van der Waals surface area contributed by atoms with E-state index in [0.717, 1.165) is 0 Å². The van der Waals surface area contributed by atoms with Gasteiger partial charge in [0.25, 0.3) is 0 Å². The van der Waals surface area contributed by atoms with E-state index in [1.54, 1.807) is 0 Å². The summed E-state index contributed by atoms with van der Waals surface area (Å²) in [6.45, 7) is 0.810. The van der Waals surface area contributed by atoms with E-state index in [-0.39, 0.29) is 10.9 Å². The largest absolute Gasteiger partial charge is 0.326 e. The lowest BCUT2D eigenvalue weighted by molar-refractivity contribution is 0.472. The molecule has 0 bridgehead atoms. The summed E-state index contributed by atoms with van der Waals surface area (Å²) in [6, 6.07) is 1.32. The number of sulfonamides is 1. The average molecular weight is 262 g/mol. The van der Waals surface area contributed by atoms with E-state index in [1.165, 1.54) is 22.8 Å². The minimum Gasteiger partial charge on any atom is -0.326 e. The summed E-state index contributed by atoms with van der Waals surface area (Å²) in [5.74, 6) is 0. The van der Waals surface area contributed by atoms with Gasteiger partial charge in [0, 0.05) is 31.5 Å². The standard InChI is InChI=1S/C9H12ClN3O2S/c10-7-3-9(5-12-4-7)16(14,15)13-2-1-8(11)6-13/h3-5,8H,1-2,6,11H2/t8-/m1/s1. The molecule has 88 valence electrons. The Morgan fingerprint density at radius 2 is 2.25 bits per heavy atom. The monoisotopic (exact) mass is 261 g/mol. The SMILES string of the molecule is N[C@@H]1CCN(S(=O)(=O)c2cncc(Cl)c2)C1. The summed E-state index contributed by atoms with van der Waals surface area (Å²) in [6.07, 6.45) is 3.38. The van der Waals surface area contributed by atoms with Gasteiger partial charge in [0.05, 0.1) is 5.02 Å². The Bertz CT molecular complexity index is 491. The molecule has 2 rings (SSSR count). The van der Waals surface area contributed by atoms with Crippen LogP contribution in [0, 0.1) is 0 Å². The highest BCUT2D eigenvalue weighted by molar-refractivity contribution is 7.89. The minimum absolute atomic E-state index is 0.0816. The number of hydrogen-bond donors (Lipinski definition) is 1.